The molecule has 0 saturated carbocycles. The molecule has 7 nitrogen and oxygen atoms in total. The van der Waals surface area contributed by atoms with Crippen molar-refractivity contribution in [3.8, 4) is 23.0 Å². The molecular weight excluding hydrogens is 362 g/mol. The molecule has 2 aromatic carbocycles. The summed E-state index contributed by atoms with van der Waals surface area (Å²) in [6, 6.07) is 10.7. The molecule has 0 saturated heterocycles. The fourth-order valence-corrected chi connectivity index (χ4v) is 3.74. The lowest BCUT2D eigenvalue weighted by atomic mass is 9.85. The van der Waals surface area contributed by atoms with Gasteiger partial charge in [-0.3, -0.25) is 9.59 Å². The minimum Gasteiger partial charge on any atom is -0.493 e. The van der Waals surface area contributed by atoms with E-state index in [2.05, 4.69) is 4.98 Å². The van der Waals surface area contributed by atoms with Crippen LogP contribution in [-0.4, -0.2) is 32.3 Å². The highest BCUT2D eigenvalue weighted by atomic mass is 16.5. The van der Waals surface area contributed by atoms with Gasteiger partial charge in [0.2, 0.25) is 5.75 Å². The van der Waals surface area contributed by atoms with E-state index in [0.29, 0.717) is 39.3 Å². The molecular formula is C21H19NO6. The molecule has 1 N–H and O–H groups in total. The van der Waals surface area contributed by atoms with Crippen LogP contribution in [0.25, 0.3) is 10.9 Å². The van der Waals surface area contributed by atoms with Crippen LogP contribution < -0.4 is 24.5 Å². The number of hydrogen-bond donors (Lipinski definition) is 1. The van der Waals surface area contributed by atoms with Crippen LogP contribution in [0.4, 0.5) is 0 Å². The van der Waals surface area contributed by atoms with E-state index in [-0.39, 0.29) is 17.7 Å². The third-order valence-corrected chi connectivity index (χ3v) is 4.95. The number of para-hydroxylation sites is 1. The second-order valence-corrected chi connectivity index (χ2v) is 6.40. The van der Waals surface area contributed by atoms with Crippen molar-refractivity contribution in [3.63, 3.8) is 0 Å². The third-order valence-electron chi connectivity index (χ3n) is 4.95. The summed E-state index contributed by atoms with van der Waals surface area (Å²) in [5, 5.41) is 0.676. The molecule has 1 aliphatic heterocycles. The van der Waals surface area contributed by atoms with Crippen molar-refractivity contribution in [2.24, 2.45) is 0 Å². The monoisotopic (exact) mass is 381 g/mol. The predicted octanol–water partition coefficient (Wildman–Crippen LogP) is 2.99. The Morgan fingerprint density at radius 1 is 0.964 bits per heavy atom. The number of carbonyl (C=O) groups excluding carboxylic acids is 1. The minimum absolute atomic E-state index is 0.0142. The SMILES string of the molecule is COc1ccc([C@@H]2CC(=O)Oc3c2c(=O)[nH]c2ccccc32)c(OC)c1OC. The molecule has 0 aliphatic carbocycles. The Balaban J connectivity index is 2.01. The van der Waals surface area contributed by atoms with Gasteiger partial charge in [-0.05, 0) is 18.2 Å². The van der Waals surface area contributed by atoms with E-state index in [1.165, 1.54) is 21.3 Å². The maximum atomic E-state index is 12.9. The first-order chi connectivity index (χ1) is 13.6. The van der Waals surface area contributed by atoms with Crippen molar-refractivity contribution in [2.75, 3.05) is 21.3 Å². The number of fused-ring (bicyclic) bond motifs is 3. The molecule has 0 radical (unpaired) electrons. The second-order valence-electron chi connectivity index (χ2n) is 6.40. The molecule has 0 spiro atoms. The van der Waals surface area contributed by atoms with Crippen molar-refractivity contribution in [1.82, 2.24) is 4.98 Å². The predicted molar refractivity (Wildman–Crippen MR) is 103 cm³/mol. The van der Waals surface area contributed by atoms with Crippen molar-refractivity contribution >= 4 is 16.9 Å². The summed E-state index contributed by atoms with van der Waals surface area (Å²) in [7, 11) is 4.54. The topological polar surface area (TPSA) is 86.9 Å². The van der Waals surface area contributed by atoms with Gasteiger partial charge in [-0.15, -0.1) is 0 Å². The van der Waals surface area contributed by atoms with Gasteiger partial charge in [-0.2, -0.15) is 0 Å². The first-order valence-electron chi connectivity index (χ1n) is 8.73. The Kier molecular flexibility index (Phi) is 4.43. The van der Waals surface area contributed by atoms with E-state index in [4.69, 9.17) is 18.9 Å². The van der Waals surface area contributed by atoms with Crippen LogP contribution in [0.2, 0.25) is 0 Å². The van der Waals surface area contributed by atoms with E-state index in [9.17, 15) is 9.59 Å². The lowest BCUT2D eigenvalue weighted by molar-refractivity contribution is -0.135. The summed E-state index contributed by atoms with van der Waals surface area (Å²) >= 11 is 0. The van der Waals surface area contributed by atoms with E-state index in [0.717, 1.165) is 0 Å². The maximum absolute atomic E-state index is 12.9. The summed E-state index contributed by atoms with van der Waals surface area (Å²) in [4.78, 5) is 28.2. The Morgan fingerprint density at radius 3 is 2.43 bits per heavy atom. The van der Waals surface area contributed by atoms with Gasteiger partial charge >= 0.3 is 5.97 Å². The first kappa shape index (κ1) is 17.9. The Bertz CT molecular complexity index is 1130. The lowest BCUT2D eigenvalue weighted by Gasteiger charge is -2.27. The molecule has 1 aromatic heterocycles. The van der Waals surface area contributed by atoms with Crippen molar-refractivity contribution in [3.05, 3.63) is 57.9 Å². The average molecular weight is 381 g/mol. The number of aromatic nitrogens is 1. The molecule has 144 valence electrons. The smallest absolute Gasteiger partial charge is 0.312 e. The van der Waals surface area contributed by atoms with Crippen LogP contribution >= 0.6 is 0 Å². The lowest BCUT2D eigenvalue weighted by Crippen LogP contribution is -2.28. The highest BCUT2D eigenvalue weighted by Crippen LogP contribution is 2.48. The molecule has 2 heterocycles. The van der Waals surface area contributed by atoms with Crippen LogP contribution in [-0.2, 0) is 4.79 Å². The number of pyridine rings is 1. The van der Waals surface area contributed by atoms with Crippen molar-refractivity contribution in [2.45, 2.75) is 12.3 Å². The summed E-state index contributed by atoms with van der Waals surface area (Å²) in [6.07, 6.45) is 0.0142. The maximum Gasteiger partial charge on any atom is 0.312 e. The normalized spacial score (nSPS) is 15.7. The molecule has 4 rings (SSSR count). The van der Waals surface area contributed by atoms with Crippen LogP contribution in [0.3, 0.4) is 0 Å². The minimum atomic E-state index is -0.542. The number of aromatic amines is 1. The standard InChI is InChI=1S/C21H19NO6/c1-25-15-9-8-11(19(26-2)20(15)27-3)13-10-16(23)28-18-12-6-4-5-7-14(12)22-21(24)17(13)18/h4-9,13H,10H2,1-3H3,(H,22,24)/t13-/m0/s1. The van der Waals surface area contributed by atoms with Crippen LogP contribution in [0.5, 0.6) is 23.0 Å². The number of methoxy groups -OCH3 is 3. The van der Waals surface area contributed by atoms with E-state index >= 15 is 0 Å². The van der Waals surface area contributed by atoms with Gasteiger partial charge in [0.1, 0.15) is 5.75 Å². The fourth-order valence-electron chi connectivity index (χ4n) is 3.74. The highest BCUT2D eigenvalue weighted by Gasteiger charge is 2.35. The highest BCUT2D eigenvalue weighted by molar-refractivity contribution is 5.91. The zero-order chi connectivity index (χ0) is 19.8. The van der Waals surface area contributed by atoms with Crippen LogP contribution in [0.1, 0.15) is 23.5 Å². The summed E-state index contributed by atoms with van der Waals surface area (Å²) in [5.41, 5.74) is 1.35. The third kappa shape index (κ3) is 2.67. The number of rotatable bonds is 4. The molecule has 0 bridgehead atoms. The molecule has 28 heavy (non-hydrogen) atoms. The Hall–Kier alpha value is -3.48. The van der Waals surface area contributed by atoms with Crippen LogP contribution in [0.15, 0.2) is 41.2 Å². The molecule has 1 atom stereocenters. The molecule has 0 unspecified atom stereocenters. The van der Waals surface area contributed by atoms with Gasteiger partial charge in [0.05, 0.1) is 38.8 Å². The molecule has 3 aromatic rings. The van der Waals surface area contributed by atoms with Crippen molar-refractivity contribution in [1.29, 1.82) is 0 Å². The quantitative estimate of drug-likeness (QED) is 0.699. The largest absolute Gasteiger partial charge is 0.493 e. The Morgan fingerprint density at radius 2 is 1.71 bits per heavy atom. The van der Waals surface area contributed by atoms with Gasteiger partial charge in [0.15, 0.2) is 11.5 Å². The van der Waals surface area contributed by atoms with Gasteiger partial charge in [-0.1, -0.05) is 18.2 Å². The van der Waals surface area contributed by atoms with Gasteiger partial charge < -0.3 is 23.9 Å². The van der Waals surface area contributed by atoms with Gasteiger partial charge in [0, 0.05) is 16.9 Å². The fraction of sp³-hybridized carbons (Fsp3) is 0.238. The number of nitrogens with one attached hydrogen (secondary N) is 1. The van der Waals surface area contributed by atoms with Crippen LogP contribution in [0, 0.1) is 0 Å². The second kappa shape index (κ2) is 6.92. The number of benzene rings is 2. The van der Waals surface area contributed by atoms with E-state index in [1.807, 2.05) is 18.2 Å². The molecule has 1 aliphatic rings. The molecule has 0 amide bonds. The number of esters is 1. The summed E-state index contributed by atoms with van der Waals surface area (Å²) < 4.78 is 21.8. The zero-order valence-corrected chi connectivity index (χ0v) is 15.7. The van der Waals surface area contributed by atoms with Crippen molar-refractivity contribution < 1.29 is 23.7 Å². The summed E-state index contributed by atoms with van der Waals surface area (Å²) in [5.74, 6) is 0.649. The molecule has 0 fully saturated rings. The van der Waals surface area contributed by atoms with Gasteiger partial charge in [0.25, 0.3) is 5.56 Å². The average Bonchev–Trinajstić information content (AvgIpc) is 2.71. The van der Waals surface area contributed by atoms with Gasteiger partial charge in [-0.25, -0.2) is 0 Å². The first-order valence-corrected chi connectivity index (χ1v) is 8.73. The number of H-pyrrole nitrogens is 1. The Labute approximate surface area is 160 Å². The number of ether oxygens (including phenoxy) is 4. The molecule has 7 heteroatoms. The number of hydrogen-bond acceptors (Lipinski definition) is 6. The van der Waals surface area contributed by atoms with E-state index < -0.39 is 11.9 Å². The number of carbonyl (C=O) groups is 1. The zero-order valence-electron chi connectivity index (χ0n) is 15.7. The summed E-state index contributed by atoms with van der Waals surface area (Å²) in [6.45, 7) is 0. The van der Waals surface area contributed by atoms with E-state index in [1.54, 1.807) is 18.2 Å².